The molecule has 0 aromatic carbocycles. The molecule has 0 heterocycles. The minimum atomic E-state index is -0.664. The van der Waals surface area contributed by atoms with Crippen LogP contribution in [0.3, 0.4) is 0 Å². The molecule has 68 heavy (non-hydrogen) atoms. The lowest BCUT2D eigenvalue weighted by atomic mass is 10.0. The van der Waals surface area contributed by atoms with Gasteiger partial charge in [-0.15, -0.1) is 0 Å². The van der Waals surface area contributed by atoms with Crippen LogP contribution in [-0.4, -0.2) is 47.4 Å². The number of carbonyl (C=O) groups excluding carboxylic acids is 2. The standard InChI is InChI=1S/C62H123NO5/c1-3-5-7-9-11-13-15-17-19-28-32-36-40-44-48-52-56-62(67)68-57-53-49-45-41-37-33-29-25-23-21-20-22-24-27-31-35-39-43-47-51-55-61(66)63-59(58-64)60(65)54-50-46-42-38-34-30-26-18-16-14-12-10-8-6-4-2/h59-60,64-65H,3-58H2,1-2H3,(H,63,66). The molecule has 6 nitrogen and oxygen atoms in total. The number of ether oxygens (including phenoxy) is 1. The Hall–Kier alpha value is -1.14. The average Bonchev–Trinajstić information content (AvgIpc) is 3.34. The molecular weight excluding hydrogens is 839 g/mol. The minimum absolute atomic E-state index is 0.0152. The van der Waals surface area contributed by atoms with Crippen LogP contribution in [0.1, 0.15) is 361 Å². The number of amides is 1. The second-order valence-corrected chi connectivity index (χ2v) is 21.8. The molecule has 0 fully saturated rings. The Balaban J connectivity index is 3.36. The molecule has 0 aromatic heterocycles. The number of aliphatic hydroxyl groups is 2. The highest BCUT2D eigenvalue weighted by molar-refractivity contribution is 5.76. The number of hydrogen-bond donors (Lipinski definition) is 3. The molecule has 0 aliphatic carbocycles. The van der Waals surface area contributed by atoms with Crippen molar-refractivity contribution in [2.75, 3.05) is 13.2 Å². The smallest absolute Gasteiger partial charge is 0.305 e. The van der Waals surface area contributed by atoms with Gasteiger partial charge in [0.1, 0.15) is 0 Å². The van der Waals surface area contributed by atoms with E-state index >= 15 is 0 Å². The second-order valence-electron chi connectivity index (χ2n) is 21.8. The van der Waals surface area contributed by atoms with E-state index in [2.05, 4.69) is 19.2 Å². The zero-order chi connectivity index (χ0) is 49.3. The van der Waals surface area contributed by atoms with Crippen molar-refractivity contribution in [1.29, 1.82) is 0 Å². The van der Waals surface area contributed by atoms with Crippen LogP contribution in [0.25, 0.3) is 0 Å². The maximum atomic E-state index is 12.5. The molecule has 2 atom stereocenters. The summed E-state index contributed by atoms with van der Waals surface area (Å²) in [5, 5.41) is 23.3. The summed E-state index contributed by atoms with van der Waals surface area (Å²) in [4.78, 5) is 24.6. The van der Waals surface area contributed by atoms with Gasteiger partial charge in [-0.05, 0) is 25.7 Å². The summed E-state index contributed by atoms with van der Waals surface area (Å²) >= 11 is 0. The number of carbonyl (C=O) groups is 2. The molecule has 0 radical (unpaired) electrons. The third-order valence-corrected chi connectivity index (χ3v) is 14.9. The molecule has 1 amide bonds. The third kappa shape index (κ3) is 54.2. The van der Waals surface area contributed by atoms with Gasteiger partial charge in [-0.2, -0.15) is 0 Å². The maximum absolute atomic E-state index is 12.5. The van der Waals surface area contributed by atoms with Crippen molar-refractivity contribution in [2.45, 2.75) is 373 Å². The van der Waals surface area contributed by atoms with Crippen LogP contribution in [0.4, 0.5) is 0 Å². The molecule has 0 saturated heterocycles. The van der Waals surface area contributed by atoms with Gasteiger partial charge in [-0.25, -0.2) is 0 Å². The SMILES string of the molecule is CCCCCCCCCCCCCCCCCCC(=O)OCCCCCCCCCCCCCCCCCCCCCCC(=O)NC(CO)C(O)CCCCCCCCCCCCCCCCC. The van der Waals surface area contributed by atoms with Crippen LogP contribution < -0.4 is 5.32 Å². The largest absolute Gasteiger partial charge is 0.466 e. The quantitative estimate of drug-likeness (QED) is 0.0417. The molecule has 0 aliphatic rings. The molecule has 0 aliphatic heterocycles. The van der Waals surface area contributed by atoms with Crippen LogP contribution in [0.2, 0.25) is 0 Å². The first kappa shape index (κ1) is 66.9. The zero-order valence-electron chi connectivity index (χ0n) is 46.4. The van der Waals surface area contributed by atoms with E-state index in [0.29, 0.717) is 25.9 Å². The van der Waals surface area contributed by atoms with Crippen LogP contribution in [0.15, 0.2) is 0 Å². The van der Waals surface area contributed by atoms with Crippen molar-refractivity contribution in [3.05, 3.63) is 0 Å². The first-order chi connectivity index (χ1) is 33.5. The van der Waals surface area contributed by atoms with Gasteiger partial charge in [0, 0.05) is 12.8 Å². The topological polar surface area (TPSA) is 95.9 Å². The number of rotatable bonds is 59. The van der Waals surface area contributed by atoms with Gasteiger partial charge >= 0.3 is 5.97 Å². The third-order valence-electron chi connectivity index (χ3n) is 14.9. The molecule has 0 aromatic rings. The van der Waals surface area contributed by atoms with Crippen LogP contribution >= 0.6 is 0 Å². The summed E-state index contributed by atoms with van der Waals surface area (Å²) in [6.45, 7) is 4.98. The van der Waals surface area contributed by atoms with Crippen molar-refractivity contribution >= 4 is 11.9 Å². The Morgan fingerprint density at radius 3 is 0.897 bits per heavy atom. The normalized spacial score (nSPS) is 12.5. The molecule has 0 saturated carbocycles. The van der Waals surface area contributed by atoms with E-state index in [4.69, 9.17) is 4.74 Å². The van der Waals surface area contributed by atoms with E-state index in [0.717, 1.165) is 38.5 Å². The Kier molecular flexibility index (Phi) is 57.5. The van der Waals surface area contributed by atoms with Crippen molar-refractivity contribution in [2.24, 2.45) is 0 Å². The molecule has 0 bridgehead atoms. The lowest BCUT2D eigenvalue weighted by Gasteiger charge is -2.22. The first-order valence-corrected chi connectivity index (χ1v) is 31.3. The molecule has 6 heteroatoms. The Labute approximate surface area is 426 Å². The van der Waals surface area contributed by atoms with Crippen LogP contribution in [-0.2, 0) is 14.3 Å². The number of aliphatic hydroxyl groups excluding tert-OH is 2. The average molecular weight is 963 g/mol. The van der Waals surface area contributed by atoms with E-state index in [1.165, 1.54) is 289 Å². The number of esters is 1. The van der Waals surface area contributed by atoms with E-state index in [-0.39, 0.29) is 18.5 Å². The van der Waals surface area contributed by atoms with Crippen LogP contribution in [0, 0.1) is 0 Å². The highest BCUT2D eigenvalue weighted by Gasteiger charge is 2.20. The van der Waals surface area contributed by atoms with Gasteiger partial charge in [0.15, 0.2) is 0 Å². The summed E-state index contributed by atoms with van der Waals surface area (Å²) in [7, 11) is 0. The van der Waals surface area contributed by atoms with Crippen molar-refractivity contribution < 1.29 is 24.5 Å². The predicted octanol–water partition coefficient (Wildman–Crippen LogP) is 19.5. The Morgan fingerprint density at radius 1 is 0.353 bits per heavy atom. The van der Waals surface area contributed by atoms with E-state index in [1.807, 2.05) is 0 Å². The summed E-state index contributed by atoms with van der Waals surface area (Å²) in [5.74, 6) is -0.0184. The molecule has 406 valence electrons. The predicted molar refractivity (Wildman–Crippen MR) is 297 cm³/mol. The molecule has 0 spiro atoms. The fourth-order valence-electron chi connectivity index (χ4n) is 10.1. The molecule has 2 unspecified atom stereocenters. The molecular formula is C62H123NO5. The highest BCUT2D eigenvalue weighted by Crippen LogP contribution is 2.19. The summed E-state index contributed by atoms with van der Waals surface area (Å²) in [6, 6.07) is -0.541. The van der Waals surface area contributed by atoms with E-state index < -0.39 is 12.1 Å². The first-order valence-electron chi connectivity index (χ1n) is 31.3. The van der Waals surface area contributed by atoms with Crippen molar-refractivity contribution in [3.63, 3.8) is 0 Å². The zero-order valence-corrected chi connectivity index (χ0v) is 46.4. The minimum Gasteiger partial charge on any atom is -0.466 e. The number of hydrogen-bond acceptors (Lipinski definition) is 5. The lowest BCUT2D eigenvalue weighted by molar-refractivity contribution is -0.143. The molecule has 3 N–H and O–H groups in total. The number of unbranched alkanes of at least 4 members (excludes halogenated alkanes) is 48. The lowest BCUT2D eigenvalue weighted by Crippen LogP contribution is -2.45. The monoisotopic (exact) mass is 962 g/mol. The fraction of sp³-hybridized carbons (Fsp3) is 0.968. The highest BCUT2D eigenvalue weighted by atomic mass is 16.5. The van der Waals surface area contributed by atoms with Gasteiger partial charge in [0.25, 0.3) is 0 Å². The summed E-state index contributed by atoms with van der Waals surface area (Å²) in [6.07, 6.45) is 68.2. The van der Waals surface area contributed by atoms with Gasteiger partial charge in [0.2, 0.25) is 5.91 Å². The van der Waals surface area contributed by atoms with Crippen molar-refractivity contribution in [1.82, 2.24) is 5.32 Å². The summed E-state index contributed by atoms with van der Waals surface area (Å²) in [5.41, 5.74) is 0. The fourth-order valence-corrected chi connectivity index (χ4v) is 10.1. The van der Waals surface area contributed by atoms with E-state index in [9.17, 15) is 19.8 Å². The van der Waals surface area contributed by atoms with Crippen LogP contribution in [0.5, 0.6) is 0 Å². The summed E-state index contributed by atoms with van der Waals surface area (Å²) < 4.78 is 5.49. The van der Waals surface area contributed by atoms with E-state index in [1.54, 1.807) is 0 Å². The van der Waals surface area contributed by atoms with Crippen molar-refractivity contribution in [3.8, 4) is 0 Å². The second kappa shape index (κ2) is 58.4. The van der Waals surface area contributed by atoms with Gasteiger partial charge in [-0.1, -0.05) is 322 Å². The van der Waals surface area contributed by atoms with Gasteiger partial charge < -0.3 is 20.3 Å². The Bertz CT molecular complexity index is 975. The van der Waals surface area contributed by atoms with Gasteiger partial charge in [-0.3, -0.25) is 9.59 Å². The Morgan fingerprint density at radius 2 is 0.603 bits per heavy atom. The van der Waals surface area contributed by atoms with Gasteiger partial charge in [0.05, 0.1) is 25.4 Å². The molecule has 0 rings (SSSR count). The maximum Gasteiger partial charge on any atom is 0.305 e. The number of nitrogens with one attached hydrogen (secondary N) is 1.